The van der Waals surface area contributed by atoms with E-state index in [1.54, 1.807) is 5.57 Å². The lowest BCUT2D eigenvalue weighted by atomic mass is 9.85. The van der Waals surface area contributed by atoms with Crippen LogP contribution in [0.4, 0.5) is 0 Å². The molecular weight excluding hydrogens is 212 g/mol. The lowest BCUT2D eigenvalue weighted by Gasteiger charge is -2.23. The minimum absolute atomic E-state index is 0.260. The molecule has 0 aromatic carbocycles. The molecule has 0 nitrogen and oxygen atoms in total. The van der Waals surface area contributed by atoms with Gasteiger partial charge in [-0.15, -0.1) is 6.58 Å². The van der Waals surface area contributed by atoms with Crippen molar-refractivity contribution in [2.45, 2.75) is 32.6 Å². The highest BCUT2D eigenvalue weighted by atomic mass is 79.9. The summed E-state index contributed by atoms with van der Waals surface area (Å²) in [6, 6.07) is 0. The SMILES string of the molecule is C=CC(C)(CBr)CC1=CCCC1. The summed E-state index contributed by atoms with van der Waals surface area (Å²) in [4.78, 5) is 0. The molecule has 0 fully saturated rings. The number of allylic oxidation sites excluding steroid dienone is 3. The van der Waals surface area contributed by atoms with E-state index < -0.39 is 0 Å². The molecule has 1 rings (SSSR count). The molecule has 0 aromatic rings. The molecule has 1 aliphatic rings. The third-order valence-electron chi connectivity index (χ3n) is 2.56. The molecule has 0 amide bonds. The zero-order valence-corrected chi connectivity index (χ0v) is 9.36. The fourth-order valence-corrected chi connectivity index (χ4v) is 2.02. The van der Waals surface area contributed by atoms with E-state index in [9.17, 15) is 0 Å². The van der Waals surface area contributed by atoms with Gasteiger partial charge < -0.3 is 0 Å². The van der Waals surface area contributed by atoms with Gasteiger partial charge in [-0.3, -0.25) is 0 Å². The van der Waals surface area contributed by atoms with Gasteiger partial charge in [0.15, 0.2) is 0 Å². The van der Waals surface area contributed by atoms with E-state index in [1.807, 2.05) is 0 Å². The van der Waals surface area contributed by atoms with Crippen molar-refractivity contribution in [2.24, 2.45) is 5.41 Å². The second-order valence-corrected chi connectivity index (χ2v) is 4.48. The molecule has 12 heavy (non-hydrogen) atoms. The lowest BCUT2D eigenvalue weighted by molar-refractivity contribution is 0.485. The number of rotatable bonds is 4. The van der Waals surface area contributed by atoms with Crippen LogP contribution in [0.3, 0.4) is 0 Å². The van der Waals surface area contributed by atoms with E-state index in [-0.39, 0.29) is 5.41 Å². The molecule has 0 aliphatic heterocycles. The highest BCUT2D eigenvalue weighted by molar-refractivity contribution is 9.09. The first-order valence-electron chi connectivity index (χ1n) is 4.58. The first-order chi connectivity index (χ1) is 5.70. The maximum atomic E-state index is 3.89. The van der Waals surface area contributed by atoms with Crippen LogP contribution < -0.4 is 0 Å². The van der Waals surface area contributed by atoms with Crippen LogP contribution in [-0.4, -0.2) is 5.33 Å². The van der Waals surface area contributed by atoms with Gasteiger partial charge in [0.2, 0.25) is 0 Å². The number of alkyl halides is 1. The molecule has 0 N–H and O–H groups in total. The summed E-state index contributed by atoms with van der Waals surface area (Å²) in [5, 5.41) is 1.01. The van der Waals surface area contributed by atoms with Gasteiger partial charge in [-0.1, -0.05) is 40.6 Å². The van der Waals surface area contributed by atoms with Crippen molar-refractivity contribution in [3.8, 4) is 0 Å². The number of halogens is 1. The van der Waals surface area contributed by atoms with Crippen LogP contribution in [0.25, 0.3) is 0 Å². The van der Waals surface area contributed by atoms with Crippen molar-refractivity contribution >= 4 is 15.9 Å². The Morgan fingerprint density at radius 2 is 2.50 bits per heavy atom. The lowest BCUT2D eigenvalue weighted by Crippen LogP contribution is -2.15. The molecule has 1 aliphatic carbocycles. The normalized spacial score (nSPS) is 21.7. The standard InChI is InChI=1S/C11H17Br/c1-3-11(2,9-12)8-10-6-4-5-7-10/h3,6H,1,4-5,7-9H2,2H3. The highest BCUT2D eigenvalue weighted by Gasteiger charge is 2.21. The zero-order valence-electron chi connectivity index (χ0n) is 7.78. The Labute approximate surface area is 83.9 Å². The summed E-state index contributed by atoms with van der Waals surface area (Å²) in [6.07, 6.45) is 9.58. The smallest absolute Gasteiger partial charge is 0.0123 e. The first kappa shape index (κ1) is 10.0. The maximum Gasteiger partial charge on any atom is 0.0123 e. The molecular formula is C11H17Br. The van der Waals surface area contributed by atoms with E-state index >= 15 is 0 Å². The van der Waals surface area contributed by atoms with Crippen molar-refractivity contribution in [1.29, 1.82) is 0 Å². The van der Waals surface area contributed by atoms with E-state index in [0.29, 0.717) is 0 Å². The van der Waals surface area contributed by atoms with Crippen LogP contribution in [0.2, 0.25) is 0 Å². The second kappa shape index (κ2) is 4.27. The van der Waals surface area contributed by atoms with Crippen molar-refractivity contribution in [2.75, 3.05) is 5.33 Å². The Balaban J connectivity index is 2.52. The average Bonchev–Trinajstić information content (AvgIpc) is 2.57. The third kappa shape index (κ3) is 2.48. The van der Waals surface area contributed by atoms with Gasteiger partial charge in [0.25, 0.3) is 0 Å². The number of hydrogen-bond acceptors (Lipinski definition) is 0. The molecule has 0 saturated heterocycles. The molecule has 0 radical (unpaired) electrons. The van der Waals surface area contributed by atoms with Crippen LogP contribution in [0.1, 0.15) is 32.6 Å². The monoisotopic (exact) mass is 228 g/mol. The fourth-order valence-electron chi connectivity index (χ4n) is 1.59. The topological polar surface area (TPSA) is 0 Å². The predicted octanol–water partition coefficient (Wildman–Crippen LogP) is 4.07. The molecule has 0 saturated carbocycles. The van der Waals surface area contributed by atoms with Gasteiger partial charge in [0.1, 0.15) is 0 Å². The van der Waals surface area contributed by atoms with Gasteiger partial charge >= 0.3 is 0 Å². The minimum atomic E-state index is 0.260. The van der Waals surface area contributed by atoms with E-state index in [2.05, 4.69) is 41.6 Å². The maximum absolute atomic E-state index is 3.89. The first-order valence-corrected chi connectivity index (χ1v) is 5.70. The van der Waals surface area contributed by atoms with Crippen molar-refractivity contribution in [3.63, 3.8) is 0 Å². The van der Waals surface area contributed by atoms with Crippen molar-refractivity contribution in [1.82, 2.24) is 0 Å². The Bertz CT molecular complexity index is 193. The minimum Gasteiger partial charge on any atom is -0.102 e. The summed E-state index contributed by atoms with van der Waals surface area (Å²) in [5.74, 6) is 0. The van der Waals surface area contributed by atoms with Crippen molar-refractivity contribution < 1.29 is 0 Å². The Kier molecular flexibility index (Phi) is 3.57. The van der Waals surface area contributed by atoms with Crippen LogP contribution in [0, 0.1) is 5.41 Å². The Morgan fingerprint density at radius 1 is 1.75 bits per heavy atom. The molecule has 0 spiro atoms. The van der Waals surface area contributed by atoms with E-state index in [1.165, 1.54) is 25.7 Å². The summed E-state index contributed by atoms with van der Waals surface area (Å²) >= 11 is 3.54. The van der Waals surface area contributed by atoms with E-state index in [4.69, 9.17) is 0 Å². The van der Waals surface area contributed by atoms with Crippen LogP contribution in [-0.2, 0) is 0 Å². The fraction of sp³-hybridized carbons (Fsp3) is 0.636. The molecule has 68 valence electrons. The van der Waals surface area contributed by atoms with Gasteiger partial charge in [-0.05, 0) is 31.1 Å². The summed E-state index contributed by atoms with van der Waals surface area (Å²) in [5.41, 5.74) is 1.88. The van der Waals surface area contributed by atoms with Gasteiger partial charge in [0.05, 0.1) is 0 Å². The number of hydrogen-bond donors (Lipinski definition) is 0. The second-order valence-electron chi connectivity index (χ2n) is 3.92. The third-order valence-corrected chi connectivity index (χ3v) is 3.84. The van der Waals surface area contributed by atoms with Crippen LogP contribution in [0.15, 0.2) is 24.3 Å². The Hall–Kier alpha value is -0.0400. The van der Waals surface area contributed by atoms with Gasteiger partial charge in [-0.2, -0.15) is 0 Å². The molecule has 0 heterocycles. The molecule has 0 aromatic heterocycles. The molecule has 1 unspecified atom stereocenters. The molecule has 1 heteroatoms. The Morgan fingerprint density at radius 3 is 2.92 bits per heavy atom. The molecule has 0 bridgehead atoms. The zero-order chi connectivity index (χ0) is 9.03. The highest BCUT2D eigenvalue weighted by Crippen LogP contribution is 2.33. The summed E-state index contributed by atoms with van der Waals surface area (Å²) in [7, 11) is 0. The van der Waals surface area contributed by atoms with Gasteiger partial charge in [-0.25, -0.2) is 0 Å². The summed E-state index contributed by atoms with van der Waals surface area (Å²) in [6.45, 7) is 6.15. The van der Waals surface area contributed by atoms with Crippen LogP contribution >= 0.6 is 15.9 Å². The van der Waals surface area contributed by atoms with E-state index in [0.717, 1.165) is 5.33 Å². The molecule has 1 atom stereocenters. The van der Waals surface area contributed by atoms with Crippen molar-refractivity contribution in [3.05, 3.63) is 24.3 Å². The largest absolute Gasteiger partial charge is 0.102 e. The average molecular weight is 229 g/mol. The van der Waals surface area contributed by atoms with Gasteiger partial charge in [0, 0.05) is 5.33 Å². The van der Waals surface area contributed by atoms with Crippen LogP contribution in [0.5, 0.6) is 0 Å². The predicted molar refractivity (Wildman–Crippen MR) is 58.6 cm³/mol. The summed E-state index contributed by atoms with van der Waals surface area (Å²) < 4.78 is 0. The quantitative estimate of drug-likeness (QED) is 0.503.